The first-order valence-corrected chi connectivity index (χ1v) is 34.3. The van der Waals surface area contributed by atoms with E-state index in [1.165, 1.54) is 17.7 Å². The number of Topliss-reactive ketones (excluding diaryl/α,β-unsaturated/α-hetero) is 8. The number of amides is 2. The fourth-order valence-corrected chi connectivity index (χ4v) is 11.8. The maximum Gasteiger partial charge on any atom is 0.412 e. The lowest BCUT2D eigenvalue weighted by Gasteiger charge is -2.19. The van der Waals surface area contributed by atoms with Gasteiger partial charge in [-0.3, -0.25) is 49.0 Å². The maximum atomic E-state index is 13.4. The Bertz CT molecular complexity index is 4500. The lowest BCUT2D eigenvalue weighted by molar-refractivity contribution is -0.368. The van der Waals surface area contributed by atoms with Crippen LogP contribution in [0.15, 0.2) is 98.1 Å². The molecular formula is C77H100ClN11O16. The number of anilines is 2. The molecule has 8 rings (SSSR count). The maximum absolute atomic E-state index is 13.4. The van der Waals surface area contributed by atoms with Crippen LogP contribution >= 0.6 is 0 Å². The van der Waals surface area contributed by atoms with Gasteiger partial charge in [-0.05, 0) is 156 Å². The number of aromatic carboxylic acids is 1. The van der Waals surface area contributed by atoms with Crippen molar-refractivity contribution in [2.75, 3.05) is 24.3 Å². The lowest BCUT2D eigenvalue weighted by atomic mass is 10.0. The number of methoxy groups -OCH3 is 1. The molecule has 566 valence electrons. The Morgan fingerprint density at radius 2 is 0.629 bits per heavy atom. The lowest BCUT2D eigenvalue weighted by Crippen LogP contribution is -3.00. The number of hydrogen-bond donors (Lipinski definition) is 4. The van der Waals surface area contributed by atoms with Crippen LogP contribution in [0.1, 0.15) is 217 Å². The molecule has 0 saturated carbocycles. The Balaban J connectivity index is 0.000000337. The Hall–Kier alpha value is -10.7. The number of esters is 1. The molecule has 0 radical (unpaired) electrons. The Morgan fingerprint density at radius 1 is 0.371 bits per heavy atom. The molecule has 0 atom stereocenters. The fourth-order valence-electron chi connectivity index (χ4n) is 11.8. The number of halogens is 1. The molecule has 0 aliphatic heterocycles. The zero-order chi connectivity index (χ0) is 77.2. The number of nitrogens with zero attached hydrogens (tertiary/aromatic N) is 8. The van der Waals surface area contributed by atoms with Crippen molar-refractivity contribution < 1.29 is 95.0 Å². The quantitative estimate of drug-likeness (QED) is 0.0139. The van der Waals surface area contributed by atoms with Crippen LogP contribution in [-0.2, 0) is 119 Å². The highest BCUT2D eigenvalue weighted by atomic mass is 35.5. The van der Waals surface area contributed by atoms with Gasteiger partial charge in [-0.2, -0.15) is 0 Å². The van der Waals surface area contributed by atoms with Crippen molar-refractivity contribution >= 4 is 81.8 Å². The van der Waals surface area contributed by atoms with E-state index < -0.39 is 29.4 Å². The van der Waals surface area contributed by atoms with Gasteiger partial charge in [0.05, 0.1) is 64.9 Å². The van der Waals surface area contributed by atoms with E-state index in [1.54, 1.807) is 229 Å². The number of unbranched alkanes of at least 4 members (excludes halogenated alkanes) is 3. The molecule has 0 aliphatic rings. The second-order valence-corrected chi connectivity index (χ2v) is 28.2. The van der Waals surface area contributed by atoms with Gasteiger partial charge in [-0.15, -0.1) is 0 Å². The van der Waals surface area contributed by atoms with Crippen LogP contribution < -0.4 is 28.8 Å². The summed E-state index contributed by atoms with van der Waals surface area (Å²) in [6, 6.07) is 13.2. The van der Waals surface area contributed by atoms with Crippen LogP contribution in [0.25, 0.3) is 0 Å². The molecule has 0 bridgehead atoms. The van der Waals surface area contributed by atoms with Crippen molar-refractivity contribution in [2.45, 2.75) is 150 Å². The van der Waals surface area contributed by atoms with E-state index in [1.807, 2.05) is 0 Å². The van der Waals surface area contributed by atoms with Crippen LogP contribution in [0.5, 0.6) is 0 Å². The minimum Gasteiger partial charge on any atom is -1.00 e. The van der Waals surface area contributed by atoms with Gasteiger partial charge in [0.25, 0.3) is 0 Å². The molecule has 6 N–H and O–H groups in total. The number of carboxylic acid groups (broad SMARTS) is 1. The van der Waals surface area contributed by atoms with Crippen molar-refractivity contribution in [3.8, 4) is 0 Å². The summed E-state index contributed by atoms with van der Waals surface area (Å²) in [7, 11) is 15.2. The summed E-state index contributed by atoms with van der Waals surface area (Å²) in [5.41, 5.74) is 10.4. The van der Waals surface area contributed by atoms with Crippen molar-refractivity contribution in [2.24, 2.45) is 56.4 Å². The molecule has 0 unspecified atom stereocenters. The zero-order valence-electron chi connectivity index (χ0n) is 63.1. The molecule has 0 aromatic carbocycles. The minimum atomic E-state index is -1.07. The number of hydrogen-bond acceptors (Lipinski definition) is 15. The number of aryl methyl sites for hydroxylation is 8. The van der Waals surface area contributed by atoms with E-state index >= 15 is 0 Å². The van der Waals surface area contributed by atoms with Crippen LogP contribution in [0.2, 0.25) is 0 Å². The number of nitrogens with one attached hydrogen (secondary N) is 2. The highest BCUT2D eigenvalue weighted by Gasteiger charge is 2.26. The number of ketones is 8. The second-order valence-electron chi connectivity index (χ2n) is 28.2. The molecule has 0 aliphatic carbocycles. The van der Waals surface area contributed by atoms with Crippen molar-refractivity contribution in [3.63, 3.8) is 0 Å². The fraction of sp³-hybridized carbons (Fsp3) is 0.429. The Labute approximate surface area is 617 Å². The molecule has 0 fully saturated rings. The smallest absolute Gasteiger partial charge is 0.412 e. The van der Waals surface area contributed by atoms with Crippen molar-refractivity contribution in [1.82, 2.24) is 36.5 Å². The molecule has 0 spiro atoms. The first-order chi connectivity index (χ1) is 48.7. The van der Waals surface area contributed by atoms with E-state index in [9.17, 15) is 62.6 Å². The van der Waals surface area contributed by atoms with E-state index in [4.69, 9.17) is 9.47 Å². The minimum absolute atomic E-state index is 0. The standard InChI is InChI=1S/C39H49N5O7.C32H37N5O7.C6H13NO2.ClH/c1-25(45)12-10-9-11-13-34(46)30-14-26(21-41(30)5)17-35(47)31-15-27(22-42(31)6)18-36(48)32-16-28(23-43(32)7)19-37(49)33-20-29(24-44(33)8)40-38(50)51-39(2,3)4;1-32(2,3)44-31(43)33-22-14-25(37(7)18-22)29(40)12-20-9-23(35(5)16-20)27(38)11-19-8-24(34(4)15-19)28(39)13-21-10-26(30(41)42)36(6)17-21;1-9-6(8)4-2-3-5-7;/h14-16,20-24H,9-13,17-19H2,1-8H3,(H,40,50);8-10,14-18H,11-13H2,1-7H3,(H,33,43)(H,41,42);2-5,7H2,1H3;1H. The predicted molar refractivity (Wildman–Crippen MR) is 390 cm³/mol. The normalized spacial score (nSPS) is 11.1. The predicted octanol–water partition coefficient (Wildman–Crippen LogP) is 7.32. The van der Waals surface area contributed by atoms with Crippen LogP contribution in [-0.4, -0.2) is 137 Å². The van der Waals surface area contributed by atoms with Crippen LogP contribution in [0.3, 0.4) is 0 Å². The summed E-state index contributed by atoms with van der Waals surface area (Å²) in [5, 5.41) is 14.5. The number of quaternary nitrogens is 1. The summed E-state index contributed by atoms with van der Waals surface area (Å²) in [4.78, 5) is 149. The van der Waals surface area contributed by atoms with Crippen LogP contribution in [0.4, 0.5) is 21.0 Å². The average molecular weight is 1470 g/mol. The Kier molecular flexibility index (Phi) is 30.5. The average Bonchev–Trinajstić information content (AvgIpc) is 1.69. The van der Waals surface area contributed by atoms with E-state index in [2.05, 4.69) is 21.1 Å². The van der Waals surface area contributed by atoms with Gasteiger partial charge in [0.1, 0.15) is 22.7 Å². The third kappa shape index (κ3) is 25.6. The first-order valence-electron chi connectivity index (χ1n) is 34.3. The number of carbonyl (C=O) groups is 12. The molecule has 8 aromatic rings. The molecule has 2 amide bonds. The van der Waals surface area contributed by atoms with Gasteiger partial charge < -0.3 is 78.8 Å². The summed E-state index contributed by atoms with van der Waals surface area (Å²) in [6.45, 7) is 13.1. The van der Waals surface area contributed by atoms with Gasteiger partial charge in [-0.25, -0.2) is 14.4 Å². The third-order valence-corrected chi connectivity index (χ3v) is 16.6. The largest absolute Gasteiger partial charge is 1.00 e. The van der Waals surface area contributed by atoms with Gasteiger partial charge in [-0.1, -0.05) is 6.42 Å². The molecule has 27 nitrogen and oxygen atoms in total. The van der Waals surface area contributed by atoms with Crippen LogP contribution in [0, 0.1) is 0 Å². The van der Waals surface area contributed by atoms with E-state index in [-0.39, 0.29) is 109 Å². The summed E-state index contributed by atoms with van der Waals surface area (Å²) in [5.74, 6) is -2.05. The number of carboxylic acids is 1. The van der Waals surface area contributed by atoms with Gasteiger partial charge in [0.15, 0.2) is 40.5 Å². The second kappa shape index (κ2) is 37.7. The van der Waals surface area contributed by atoms with E-state index in [0.717, 1.165) is 37.8 Å². The molecule has 8 heterocycles. The van der Waals surface area contributed by atoms with Gasteiger partial charge in [0.2, 0.25) is 0 Å². The number of ether oxygens (including phenoxy) is 3. The Morgan fingerprint density at radius 3 is 0.895 bits per heavy atom. The number of rotatable bonds is 32. The zero-order valence-corrected chi connectivity index (χ0v) is 63.8. The highest BCUT2D eigenvalue weighted by Crippen LogP contribution is 2.24. The molecule has 0 saturated heterocycles. The molecular weight excluding hydrogens is 1370 g/mol. The number of carbonyl (C=O) groups excluding carboxylic acids is 11. The SMILES string of the molecule is CC(=O)CCCCCC(=O)c1cc(CC(=O)c2cc(CC(=O)c3cc(CC(=O)c4cc(NC(=O)OC(C)(C)C)cn4C)cn3C)cn2C)cn1C.COC(=O)CCCC[NH3+].Cn1cc(CC(=O)c2cc(CC(=O)c3cc(CC(=O)c4cc(NC(=O)OC(C)(C)C)cn4C)cn3C)cn2C)cc1C(=O)O.[Cl-]. The molecule has 105 heavy (non-hydrogen) atoms. The summed E-state index contributed by atoms with van der Waals surface area (Å²) in [6.07, 6.45) is 18.5. The monoisotopic (exact) mass is 1470 g/mol. The first kappa shape index (κ1) is 85.0. The van der Waals surface area contributed by atoms with Crippen molar-refractivity contribution in [1.29, 1.82) is 0 Å². The van der Waals surface area contributed by atoms with E-state index in [0.29, 0.717) is 105 Å². The van der Waals surface area contributed by atoms with Gasteiger partial charge >= 0.3 is 24.1 Å². The summed E-state index contributed by atoms with van der Waals surface area (Å²) >= 11 is 0. The number of aromatic nitrogens is 8. The summed E-state index contributed by atoms with van der Waals surface area (Å²) < 4.78 is 28.2. The third-order valence-electron chi connectivity index (χ3n) is 16.6. The van der Waals surface area contributed by atoms with Gasteiger partial charge in [0, 0.05) is 164 Å². The highest BCUT2D eigenvalue weighted by molar-refractivity contribution is 6.03. The topological polar surface area (TPSA) is 344 Å². The molecule has 28 heteroatoms. The molecule has 8 aromatic heterocycles. The van der Waals surface area contributed by atoms with Crippen molar-refractivity contribution in [3.05, 3.63) is 177 Å².